The van der Waals surface area contributed by atoms with E-state index in [0.717, 1.165) is 42.6 Å². The van der Waals surface area contributed by atoms with Gasteiger partial charge >= 0.3 is 0 Å². The van der Waals surface area contributed by atoms with Crippen LogP contribution in [0.1, 0.15) is 52.2 Å². The summed E-state index contributed by atoms with van der Waals surface area (Å²) in [6.07, 6.45) is 3.78. The van der Waals surface area contributed by atoms with Crippen molar-refractivity contribution in [3.63, 3.8) is 0 Å². The normalized spacial score (nSPS) is 13.9. The molecule has 0 atom stereocenters. The number of hydrogen-bond acceptors (Lipinski definition) is 3. The number of aryl methyl sites for hydroxylation is 4. The van der Waals surface area contributed by atoms with Gasteiger partial charge in [-0.2, -0.15) is 0 Å². The molecular formula is C16H17NO2. The van der Waals surface area contributed by atoms with Crippen molar-refractivity contribution in [3.05, 3.63) is 52.2 Å². The molecule has 98 valence electrons. The Balaban J connectivity index is 2.06. The van der Waals surface area contributed by atoms with Crippen molar-refractivity contribution < 1.29 is 9.21 Å². The molecule has 0 bridgehead atoms. The predicted octanol–water partition coefficient (Wildman–Crippen LogP) is 3.27. The van der Waals surface area contributed by atoms with Crippen molar-refractivity contribution in [2.24, 2.45) is 0 Å². The van der Waals surface area contributed by atoms with Crippen LogP contribution in [0.25, 0.3) is 0 Å². The zero-order valence-corrected chi connectivity index (χ0v) is 11.3. The fraction of sp³-hybridized carbons (Fsp3) is 0.375. The Morgan fingerprint density at radius 3 is 2.95 bits per heavy atom. The van der Waals surface area contributed by atoms with Crippen molar-refractivity contribution in [2.75, 3.05) is 0 Å². The van der Waals surface area contributed by atoms with Gasteiger partial charge in [0, 0.05) is 18.9 Å². The average Bonchev–Trinajstić information content (AvgIpc) is 2.72. The van der Waals surface area contributed by atoms with E-state index in [1.54, 1.807) is 6.92 Å². The lowest BCUT2D eigenvalue weighted by Crippen LogP contribution is -2.05. The second-order valence-electron chi connectivity index (χ2n) is 5.08. The van der Waals surface area contributed by atoms with E-state index in [-0.39, 0.29) is 5.78 Å². The summed E-state index contributed by atoms with van der Waals surface area (Å²) in [4.78, 5) is 16.7. The number of aromatic nitrogens is 1. The van der Waals surface area contributed by atoms with Crippen molar-refractivity contribution in [3.8, 4) is 0 Å². The molecule has 0 fully saturated rings. The highest BCUT2D eigenvalue weighted by molar-refractivity contribution is 6.09. The van der Waals surface area contributed by atoms with Gasteiger partial charge in [-0.15, -0.1) is 0 Å². The number of rotatable bonds is 2. The minimum Gasteiger partial charge on any atom is -0.445 e. The van der Waals surface area contributed by atoms with Crippen LogP contribution < -0.4 is 0 Å². The summed E-state index contributed by atoms with van der Waals surface area (Å²) in [5.74, 6) is 1.31. The van der Waals surface area contributed by atoms with Crippen LogP contribution in [-0.4, -0.2) is 10.8 Å². The summed E-state index contributed by atoms with van der Waals surface area (Å²) in [5, 5.41) is 0. The molecule has 19 heavy (non-hydrogen) atoms. The predicted molar refractivity (Wildman–Crippen MR) is 72.5 cm³/mol. The molecule has 0 radical (unpaired) electrons. The fourth-order valence-corrected chi connectivity index (χ4v) is 2.71. The van der Waals surface area contributed by atoms with Gasteiger partial charge in [-0.3, -0.25) is 4.79 Å². The number of ketones is 1. The Morgan fingerprint density at radius 1 is 1.32 bits per heavy atom. The maximum absolute atomic E-state index is 12.5. The lowest BCUT2D eigenvalue weighted by atomic mass is 9.97. The van der Waals surface area contributed by atoms with Crippen LogP contribution >= 0.6 is 0 Å². The minimum atomic E-state index is 0.00222. The molecule has 2 aromatic rings. The van der Waals surface area contributed by atoms with Crippen LogP contribution in [0.5, 0.6) is 0 Å². The average molecular weight is 255 g/mol. The summed E-state index contributed by atoms with van der Waals surface area (Å²) >= 11 is 0. The number of nitrogens with zero attached hydrogens (tertiary/aromatic N) is 1. The van der Waals surface area contributed by atoms with E-state index in [1.165, 1.54) is 5.56 Å². The largest absolute Gasteiger partial charge is 0.445 e. The molecule has 3 heteroatoms. The number of benzene rings is 1. The monoisotopic (exact) mass is 255 g/mol. The lowest BCUT2D eigenvalue weighted by molar-refractivity contribution is 0.103. The molecule has 0 aliphatic heterocycles. The SMILES string of the molecule is CCCc1ccc2c(c1)CCc1oc(C)nc1C2=O. The Kier molecular flexibility index (Phi) is 2.97. The van der Waals surface area contributed by atoms with Crippen LogP contribution in [0, 0.1) is 6.92 Å². The van der Waals surface area contributed by atoms with Crippen molar-refractivity contribution in [2.45, 2.75) is 39.5 Å². The van der Waals surface area contributed by atoms with E-state index in [1.807, 2.05) is 6.07 Å². The highest BCUT2D eigenvalue weighted by Crippen LogP contribution is 2.25. The molecule has 1 heterocycles. The minimum absolute atomic E-state index is 0.00222. The maximum atomic E-state index is 12.5. The van der Waals surface area contributed by atoms with E-state index in [9.17, 15) is 4.79 Å². The van der Waals surface area contributed by atoms with Gasteiger partial charge in [-0.05, 0) is 24.0 Å². The standard InChI is InChI=1S/C16H17NO2/c1-3-4-11-5-7-13-12(9-11)6-8-14-15(16(13)18)17-10(2)19-14/h5,7,9H,3-4,6,8H2,1-2H3. The molecule has 0 unspecified atom stereocenters. The third kappa shape index (κ3) is 2.09. The molecule has 0 saturated carbocycles. The Morgan fingerprint density at radius 2 is 2.16 bits per heavy atom. The molecule has 1 aromatic heterocycles. The number of oxazole rings is 1. The van der Waals surface area contributed by atoms with Gasteiger partial charge in [0.15, 0.2) is 11.6 Å². The van der Waals surface area contributed by atoms with Crippen molar-refractivity contribution in [1.29, 1.82) is 0 Å². The van der Waals surface area contributed by atoms with Gasteiger partial charge < -0.3 is 4.42 Å². The molecule has 1 aliphatic carbocycles. The van der Waals surface area contributed by atoms with Crippen molar-refractivity contribution in [1.82, 2.24) is 4.98 Å². The molecule has 1 aromatic carbocycles. The van der Waals surface area contributed by atoms with Gasteiger partial charge in [0.05, 0.1) is 0 Å². The van der Waals surface area contributed by atoms with E-state index >= 15 is 0 Å². The Hall–Kier alpha value is -1.90. The summed E-state index contributed by atoms with van der Waals surface area (Å²) in [7, 11) is 0. The highest BCUT2D eigenvalue weighted by Gasteiger charge is 2.25. The van der Waals surface area contributed by atoms with Crippen LogP contribution in [0.2, 0.25) is 0 Å². The van der Waals surface area contributed by atoms with Gasteiger partial charge in [0.25, 0.3) is 0 Å². The molecule has 3 nitrogen and oxygen atoms in total. The van der Waals surface area contributed by atoms with Gasteiger partial charge in [-0.1, -0.05) is 31.5 Å². The summed E-state index contributed by atoms with van der Waals surface area (Å²) < 4.78 is 5.53. The van der Waals surface area contributed by atoms with Crippen LogP contribution in [0.4, 0.5) is 0 Å². The Labute approximate surface area is 112 Å². The fourth-order valence-electron chi connectivity index (χ4n) is 2.71. The first-order valence-corrected chi connectivity index (χ1v) is 6.82. The summed E-state index contributed by atoms with van der Waals surface area (Å²) in [5.41, 5.74) is 3.71. The first-order chi connectivity index (χ1) is 9.19. The summed E-state index contributed by atoms with van der Waals surface area (Å²) in [6.45, 7) is 3.95. The van der Waals surface area contributed by atoms with Crippen LogP contribution in [0.15, 0.2) is 22.6 Å². The quantitative estimate of drug-likeness (QED) is 0.827. The maximum Gasteiger partial charge on any atom is 0.215 e. The van der Waals surface area contributed by atoms with Gasteiger partial charge in [-0.25, -0.2) is 4.98 Å². The number of carbonyl (C=O) groups is 1. The molecule has 0 amide bonds. The van der Waals surface area contributed by atoms with Crippen LogP contribution in [0.3, 0.4) is 0 Å². The second kappa shape index (κ2) is 4.65. The molecule has 0 spiro atoms. The lowest BCUT2D eigenvalue weighted by Gasteiger charge is -2.07. The summed E-state index contributed by atoms with van der Waals surface area (Å²) in [6, 6.07) is 6.16. The van der Waals surface area contributed by atoms with Gasteiger partial charge in [0.1, 0.15) is 5.76 Å². The smallest absolute Gasteiger partial charge is 0.215 e. The second-order valence-corrected chi connectivity index (χ2v) is 5.08. The topological polar surface area (TPSA) is 43.1 Å². The Bertz CT molecular complexity index is 640. The molecule has 0 saturated heterocycles. The number of carbonyl (C=O) groups excluding carboxylic acids is 1. The van der Waals surface area contributed by atoms with E-state index in [4.69, 9.17) is 4.42 Å². The molecule has 3 rings (SSSR count). The van der Waals surface area contributed by atoms with Gasteiger partial charge in [0.2, 0.25) is 5.78 Å². The van der Waals surface area contributed by atoms with E-state index < -0.39 is 0 Å². The molecular weight excluding hydrogens is 238 g/mol. The first kappa shape index (κ1) is 12.2. The van der Waals surface area contributed by atoms with E-state index in [2.05, 4.69) is 24.0 Å². The highest BCUT2D eigenvalue weighted by atomic mass is 16.4. The third-order valence-corrected chi connectivity index (χ3v) is 3.59. The zero-order valence-electron chi connectivity index (χ0n) is 11.3. The van der Waals surface area contributed by atoms with E-state index in [0.29, 0.717) is 11.6 Å². The van der Waals surface area contributed by atoms with Crippen LogP contribution in [-0.2, 0) is 19.3 Å². The van der Waals surface area contributed by atoms with Crippen molar-refractivity contribution >= 4 is 5.78 Å². The third-order valence-electron chi connectivity index (χ3n) is 3.59. The number of hydrogen-bond donors (Lipinski definition) is 0. The number of fused-ring (bicyclic) bond motifs is 2. The molecule has 1 aliphatic rings. The zero-order chi connectivity index (χ0) is 13.4. The first-order valence-electron chi connectivity index (χ1n) is 6.82. The molecule has 0 N–H and O–H groups in total.